The summed E-state index contributed by atoms with van der Waals surface area (Å²) < 4.78 is 30.5. The summed E-state index contributed by atoms with van der Waals surface area (Å²) in [4.78, 5) is 4.46. The first-order valence-corrected chi connectivity index (χ1v) is 25.1. The van der Waals surface area contributed by atoms with Crippen LogP contribution in [0.5, 0.6) is 0 Å². The molecule has 0 aliphatic rings. The molecule has 0 saturated carbocycles. The summed E-state index contributed by atoms with van der Waals surface area (Å²) in [6.07, 6.45) is 0. The van der Waals surface area contributed by atoms with Crippen molar-refractivity contribution in [2.75, 3.05) is 0 Å². The molecule has 0 fully saturated rings. The summed E-state index contributed by atoms with van der Waals surface area (Å²) in [6.45, 7) is 9.24. The van der Waals surface area contributed by atoms with Crippen LogP contribution in [0.25, 0.3) is 170 Å². The lowest BCUT2D eigenvalue weighted by Gasteiger charge is -2.17. The van der Waals surface area contributed by atoms with Crippen molar-refractivity contribution in [3.63, 3.8) is 0 Å². The van der Waals surface area contributed by atoms with Crippen molar-refractivity contribution in [3.8, 4) is 39.7 Å². The topological polar surface area (TPSA) is 90.6 Å². The Morgan fingerprint density at radius 1 is 0.368 bits per heavy atom. The number of fused-ring (bicyclic) bond motifs is 20. The van der Waals surface area contributed by atoms with E-state index in [1.54, 1.807) is 0 Å². The van der Waals surface area contributed by atoms with Gasteiger partial charge in [0.2, 0.25) is 5.69 Å². The van der Waals surface area contributed by atoms with Crippen molar-refractivity contribution in [1.29, 1.82) is 5.26 Å². The second-order valence-electron chi connectivity index (χ2n) is 19.6. The average Bonchev–Trinajstić information content (AvgIpc) is 4.50. The summed E-state index contributed by atoms with van der Waals surface area (Å²) >= 11 is 0. The molecule has 0 atom stereocenters. The first kappa shape index (κ1) is 40.8. The van der Waals surface area contributed by atoms with Gasteiger partial charge < -0.3 is 26.8 Å². The second kappa shape index (κ2) is 14.9. The van der Waals surface area contributed by atoms with E-state index in [0.717, 1.165) is 154 Å². The SMILES string of the molecule is [C-]#[N+]c1c(-n2c3cccc(-c4ccc5oc6ccccc6c5c4)c3c3c4oc5ccccc5c4ccc32)ccc(C#N)c1-n1c2ccc(-c3ccc4oc5ccccc5c4c3)cc2c2c3oc4ccccc4c3ccc21. The minimum absolute atomic E-state index is 0.323. The average molecular weight is 971 g/mol. The first-order chi connectivity index (χ1) is 37.6. The molecule has 0 N–H and O–H groups in total. The monoisotopic (exact) mass is 970 g/mol. The van der Waals surface area contributed by atoms with Crippen molar-refractivity contribution in [3.05, 3.63) is 223 Å². The maximum atomic E-state index is 11.2. The largest absolute Gasteiger partial charge is 0.456 e. The van der Waals surface area contributed by atoms with Crippen LogP contribution >= 0.6 is 0 Å². The lowest BCUT2D eigenvalue weighted by Crippen LogP contribution is -2.02. The van der Waals surface area contributed by atoms with Crippen LogP contribution in [0.2, 0.25) is 0 Å². The number of rotatable bonds is 4. The molecule has 0 amide bonds. The predicted octanol–water partition coefficient (Wildman–Crippen LogP) is 19.2. The Labute approximate surface area is 430 Å². The number of nitrogens with zero attached hydrogens (tertiary/aromatic N) is 4. The number of para-hydroxylation sites is 4. The van der Waals surface area contributed by atoms with E-state index >= 15 is 0 Å². The van der Waals surface area contributed by atoms with Crippen molar-refractivity contribution in [2.24, 2.45) is 0 Å². The summed E-state index contributed by atoms with van der Waals surface area (Å²) in [7, 11) is 0. The number of nitriles is 1. The molecule has 17 aromatic rings. The zero-order valence-electron chi connectivity index (χ0n) is 40.1. The molecule has 6 aromatic heterocycles. The maximum Gasteiger partial charge on any atom is 0.235 e. The van der Waals surface area contributed by atoms with Gasteiger partial charge in [0, 0.05) is 53.9 Å². The molecule has 0 aliphatic heterocycles. The Morgan fingerprint density at radius 2 is 0.855 bits per heavy atom. The van der Waals surface area contributed by atoms with Crippen molar-refractivity contribution < 1.29 is 17.7 Å². The lowest BCUT2D eigenvalue weighted by atomic mass is 9.97. The van der Waals surface area contributed by atoms with Crippen LogP contribution in [0.1, 0.15) is 5.56 Å². The Bertz CT molecular complexity index is 5520. The number of hydrogen-bond acceptors (Lipinski definition) is 5. The molecule has 0 bridgehead atoms. The molecule has 6 heterocycles. The normalized spacial score (nSPS) is 12.2. The molecule has 0 radical (unpaired) electrons. The van der Waals surface area contributed by atoms with Gasteiger partial charge in [0.1, 0.15) is 44.7 Å². The van der Waals surface area contributed by atoms with Gasteiger partial charge in [-0.15, -0.1) is 0 Å². The number of benzene rings is 11. The zero-order chi connectivity index (χ0) is 49.9. The van der Waals surface area contributed by atoms with Gasteiger partial charge in [-0.25, -0.2) is 4.85 Å². The van der Waals surface area contributed by atoms with Crippen LogP contribution < -0.4 is 0 Å². The Hall–Kier alpha value is -10.8. The van der Waals surface area contributed by atoms with Gasteiger partial charge in [0.15, 0.2) is 0 Å². The van der Waals surface area contributed by atoms with E-state index in [0.29, 0.717) is 22.6 Å². The first-order valence-electron chi connectivity index (χ1n) is 25.1. The van der Waals surface area contributed by atoms with E-state index in [-0.39, 0.29) is 0 Å². The number of aromatic nitrogens is 2. The van der Waals surface area contributed by atoms with Crippen LogP contribution in [0.15, 0.2) is 224 Å². The molecule has 8 heteroatoms. The molecule has 0 saturated heterocycles. The molecular weight excluding hydrogens is 937 g/mol. The third-order valence-electron chi connectivity index (χ3n) is 15.8. The summed E-state index contributed by atoms with van der Waals surface area (Å²) in [5.74, 6) is 0. The van der Waals surface area contributed by atoms with E-state index in [1.165, 1.54) is 0 Å². The summed E-state index contributed by atoms with van der Waals surface area (Å²) in [5, 5.41) is 23.1. The molecular formula is C68H34N4O4. The molecule has 17 rings (SSSR count). The molecule has 350 valence electrons. The van der Waals surface area contributed by atoms with Gasteiger partial charge in [-0.1, -0.05) is 103 Å². The van der Waals surface area contributed by atoms with E-state index in [4.69, 9.17) is 17.7 Å². The van der Waals surface area contributed by atoms with E-state index in [9.17, 15) is 11.8 Å². The molecule has 0 spiro atoms. The lowest BCUT2D eigenvalue weighted by molar-refractivity contribution is 0.668. The highest BCUT2D eigenvalue weighted by molar-refractivity contribution is 6.28. The minimum atomic E-state index is 0.323. The molecule has 0 aliphatic carbocycles. The fraction of sp³-hybridized carbons (Fsp3) is 0. The van der Waals surface area contributed by atoms with Gasteiger partial charge in [0.25, 0.3) is 0 Å². The van der Waals surface area contributed by atoms with Crippen LogP contribution in [-0.2, 0) is 0 Å². The van der Waals surface area contributed by atoms with Crippen molar-refractivity contribution >= 4 is 137 Å². The van der Waals surface area contributed by atoms with Gasteiger partial charge in [-0.2, -0.15) is 5.26 Å². The van der Waals surface area contributed by atoms with Gasteiger partial charge in [-0.05, 0) is 125 Å². The van der Waals surface area contributed by atoms with Crippen LogP contribution in [0.3, 0.4) is 0 Å². The van der Waals surface area contributed by atoms with E-state index in [2.05, 4.69) is 135 Å². The molecule has 0 unspecified atom stereocenters. The summed E-state index contributed by atoms with van der Waals surface area (Å²) in [6, 6.07) is 72.8. The highest BCUT2D eigenvalue weighted by Gasteiger charge is 2.28. The van der Waals surface area contributed by atoms with Crippen molar-refractivity contribution in [2.45, 2.75) is 0 Å². The van der Waals surface area contributed by atoms with E-state index < -0.39 is 0 Å². The third kappa shape index (κ3) is 5.38. The fourth-order valence-corrected chi connectivity index (χ4v) is 12.5. The predicted molar refractivity (Wildman–Crippen MR) is 306 cm³/mol. The van der Waals surface area contributed by atoms with Crippen molar-refractivity contribution in [1.82, 2.24) is 9.13 Å². The Kier molecular flexibility index (Phi) is 7.99. The van der Waals surface area contributed by atoms with Crippen LogP contribution in [0.4, 0.5) is 5.69 Å². The number of furan rings is 4. The fourth-order valence-electron chi connectivity index (χ4n) is 12.5. The highest BCUT2D eigenvalue weighted by atomic mass is 16.3. The van der Waals surface area contributed by atoms with Crippen LogP contribution in [0, 0.1) is 17.9 Å². The number of hydrogen-bond donors (Lipinski definition) is 0. The summed E-state index contributed by atoms with van der Waals surface area (Å²) in [5.41, 5.74) is 15.6. The smallest absolute Gasteiger partial charge is 0.235 e. The Morgan fingerprint density at radius 3 is 1.47 bits per heavy atom. The van der Waals surface area contributed by atoms with Gasteiger partial charge in [0.05, 0.1) is 62.4 Å². The van der Waals surface area contributed by atoms with E-state index in [1.807, 2.05) is 91.0 Å². The standard InChI is InChI=1S/C68H34N4O4/c1-70-65-55(71-52-16-10-15-41(39-24-32-61-49(35-39)45-14-5-7-18-57(45)74-61)62(52)64-54(71)30-26-47-43-12-3-9-20-59(43)76-68(47)64)28-22-40(36-69)66(65)72-51-27-21-37(38-23-31-60-48(33-38)44-13-4-6-17-56(44)73-60)34-50(51)63-53(72)29-25-46-42-11-2-8-19-58(42)75-67(46)63/h2-35H. The second-order valence-corrected chi connectivity index (χ2v) is 19.6. The molecule has 76 heavy (non-hydrogen) atoms. The van der Waals surface area contributed by atoms with Crippen LogP contribution in [-0.4, -0.2) is 9.13 Å². The quantitative estimate of drug-likeness (QED) is 0.164. The maximum absolute atomic E-state index is 11.2. The molecule has 11 aromatic carbocycles. The zero-order valence-corrected chi connectivity index (χ0v) is 40.1. The highest BCUT2D eigenvalue weighted by Crippen LogP contribution is 2.49. The Balaban J connectivity index is 0.964. The third-order valence-corrected chi connectivity index (χ3v) is 15.8. The molecule has 8 nitrogen and oxygen atoms in total. The van der Waals surface area contributed by atoms with Gasteiger partial charge >= 0.3 is 0 Å². The van der Waals surface area contributed by atoms with Gasteiger partial charge in [-0.3, -0.25) is 0 Å². The minimum Gasteiger partial charge on any atom is -0.456 e.